The van der Waals surface area contributed by atoms with Gasteiger partial charge in [-0.25, -0.2) is 0 Å². The largest absolute Gasteiger partial charge is 0.497 e. The normalized spacial score (nSPS) is 20.7. The number of H-pyrrole nitrogens is 1. The quantitative estimate of drug-likeness (QED) is 0.730. The van der Waals surface area contributed by atoms with Crippen molar-refractivity contribution in [3.05, 3.63) is 82.7 Å². The number of hydrogen-bond acceptors (Lipinski definition) is 4. The molecule has 0 saturated heterocycles. The van der Waals surface area contributed by atoms with Crippen LogP contribution in [-0.4, -0.2) is 40.1 Å². The second kappa shape index (κ2) is 5.81. The third-order valence-corrected chi connectivity index (χ3v) is 5.52. The molecular weight excluding hydrogens is 342 g/mol. The van der Waals surface area contributed by atoms with Crippen LogP contribution in [0.25, 0.3) is 0 Å². The average molecular weight is 359 g/mol. The molecule has 0 bridgehead atoms. The molecule has 6 nitrogen and oxygen atoms in total. The van der Waals surface area contributed by atoms with Crippen molar-refractivity contribution in [1.82, 2.24) is 15.1 Å². The van der Waals surface area contributed by atoms with Crippen molar-refractivity contribution in [2.75, 3.05) is 7.11 Å². The van der Waals surface area contributed by atoms with Gasteiger partial charge in [0, 0.05) is 23.6 Å². The Morgan fingerprint density at radius 3 is 2.33 bits per heavy atom. The van der Waals surface area contributed by atoms with Crippen LogP contribution < -0.4 is 4.74 Å². The predicted octanol–water partition coefficient (Wildman–Crippen LogP) is 2.77. The lowest BCUT2D eigenvalue weighted by Crippen LogP contribution is -2.42. The van der Waals surface area contributed by atoms with Crippen molar-refractivity contribution in [3.63, 3.8) is 0 Å². The highest BCUT2D eigenvalue weighted by Crippen LogP contribution is 2.42. The molecule has 1 aromatic heterocycles. The van der Waals surface area contributed by atoms with E-state index in [-0.39, 0.29) is 23.8 Å². The molecule has 2 heterocycles. The number of ether oxygens (including phenoxy) is 1. The Balaban J connectivity index is 1.58. The van der Waals surface area contributed by atoms with Gasteiger partial charge in [0.05, 0.1) is 30.5 Å². The van der Waals surface area contributed by atoms with E-state index in [2.05, 4.69) is 10.2 Å². The molecule has 3 aromatic rings. The molecule has 134 valence electrons. The standard InChI is InChI=1S/C21H17N3O3/c1-27-13-8-6-12(7-9-13)19-16-11-22-23-17(16)10-18(19)24-20(25)14-4-2-3-5-15(14)21(24)26/h2-9,11,18-19H,10H2,1H3,(H,22,23)/t18-,19-/m0/s1. The van der Waals surface area contributed by atoms with Crippen LogP contribution in [0, 0.1) is 0 Å². The Hall–Kier alpha value is -3.41. The molecule has 27 heavy (non-hydrogen) atoms. The number of rotatable bonds is 3. The second-order valence-electron chi connectivity index (χ2n) is 6.85. The molecule has 0 fully saturated rings. The van der Waals surface area contributed by atoms with Gasteiger partial charge >= 0.3 is 0 Å². The van der Waals surface area contributed by atoms with Crippen LogP contribution in [-0.2, 0) is 6.42 Å². The van der Waals surface area contributed by atoms with E-state index in [0.29, 0.717) is 17.5 Å². The van der Waals surface area contributed by atoms with Gasteiger partial charge in [-0.3, -0.25) is 19.6 Å². The van der Waals surface area contributed by atoms with Crippen molar-refractivity contribution in [2.45, 2.75) is 18.4 Å². The van der Waals surface area contributed by atoms with Crippen molar-refractivity contribution in [3.8, 4) is 5.75 Å². The van der Waals surface area contributed by atoms with Crippen LogP contribution >= 0.6 is 0 Å². The van der Waals surface area contributed by atoms with Crippen LogP contribution in [0.1, 0.15) is 43.5 Å². The van der Waals surface area contributed by atoms with Crippen molar-refractivity contribution in [2.24, 2.45) is 0 Å². The van der Waals surface area contributed by atoms with Gasteiger partial charge in [0.2, 0.25) is 0 Å². The van der Waals surface area contributed by atoms with E-state index in [1.165, 1.54) is 4.90 Å². The molecule has 0 spiro atoms. The predicted molar refractivity (Wildman–Crippen MR) is 97.9 cm³/mol. The minimum Gasteiger partial charge on any atom is -0.497 e. The van der Waals surface area contributed by atoms with E-state index in [1.807, 2.05) is 24.3 Å². The monoisotopic (exact) mass is 359 g/mol. The first kappa shape index (κ1) is 15.8. The van der Waals surface area contributed by atoms with Gasteiger partial charge in [-0.05, 0) is 29.8 Å². The smallest absolute Gasteiger partial charge is 0.261 e. The number of benzene rings is 2. The van der Waals surface area contributed by atoms with E-state index in [9.17, 15) is 9.59 Å². The molecule has 0 unspecified atom stereocenters. The number of nitrogens with one attached hydrogen (secondary N) is 1. The van der Waals surface area contributed by atoms with Crippen LogP contribution in [0.15, 0.2) is 54.7 Å². The molecule has 2 atom stereocenters. The Morgan fingerprint density at radius 1 is 1.04 bits per heavy atom. The van der Waals surface area contributed by atoms with E-state index in [4.69, 9.17) is 4.74 Å². The fraction of sp³-hybridized carbons (Fsp3) is 0.190. The lowest BCUT2D eigenvalue weighted by atomic mass is 9.90. The zero-order chi connectivity index (χ0) is 18.5. The van der Waals surface area contributed by atoms with Crippen LogP contribution in [0.4, 0.5) is 0 Å². The second-order valence-corrected chi connectivity index (χ2v) is 6.85. The maximum absolute atomic E-state index is 13.0. The summed E-state index contributed by atoms with van der Waals surface area (Å²) >= 11 is 0. The molecule has 0 saturated carbocycles. The minimum atomic E-state index is -0.282. The van der Waals surface area contributed by atoms with Gasteiger partial charge in [-0.15, -0.1) is 0 Å². The fourth-order valence-corrected chi connectivity index (χ4v) is 4.25. The highest BCUT2D eigenvalue weighted by atomic mass is 16.5. The van der Waals surface area contributed by atoms with Crippen molar-refractivity contribution < 1.29 is 14.3 Å². The Morgan fingerprint density at radius 2 is 1.70 bits per heavy atom. The molecule has 2 aliphatic rings. The maximum Gasteiger partial charge on any atom is 0.261 e. The first-order valence-electron chi connectivity index (χ1n) is 8.82. The molecule has 5 rings (SSSR count). The number of aromatic amines is 1. The summed E-state index contributed by atoms with van der Waals surface area (Å²) in [7, 11) is 1.63. The number of fused-ring (bicyclic) bond motifs is 2. The molecule has 6 heteroatoms. The lowest BCUT2D eigenvalue weighted by molar-refractivity contribution is 0.0577. The number of methoxy groups -OCH3 is 1. The zero-order valence-electron chi connectivity index (χ0n) is 14.7. The molecule has 1 N–H and O–H groups in total. The van der Waals surface area contributed by atoms with Gasteiger partial charge in [0.25, 0.3) is 11.8 Å². The number of hydrogen-bond donors (Lipinski definition) is 1. The summed E-state index contributed by atoms with van der Waals surface area (Å²) in [5.74, 6) is 0.197. The molecule has 2 amide bonds. The van der Waals surface area contributed by atoms with E-state index in [0.717, 1.165) is 22.6 Å². The summed E-state index contributed by atoms with van der Waals surface area (Å²) in [6.07, 6.45) is 2.36. The Labute approximate surface area is 155 Å². The number of carbonyl (C=O) groups is 2. The summed E-state index contributed by atoms with van der Waals surface area (Å²) in [6.45, 7) is 0. The van der Waals surface area contributed by atoms with Gasteiger partial charge in [0.1, 0.15) is 5.75 Å². The first-order valence-corrected chi connectivity index (χ1v) is 8.82. The Kier molecular flexibility index (Phi) is 3.40. The van der Waals surface area contributed by atoms with Crippen molar-refractivity contribution >= 4 is 11.8 Å². The topological polar surface area (TPSA) is 75.3 Å². The minimum absolute atomic E-state index is 0.119. The summed E-state index contributed by atoms with van der Waals surface area (Å²) in [5, 5.41) is 7.17. The molecule has 1 aliphatic heterocycles. The number of nitrogens with zero attached hydrogens (tertiary/aromatic N) is 2. The third kappa shape index (κ3) is 2.23. The number of carbonyl (C=O) groups excluding carboxylic acids is 2. The number of amides is 2. The van der Waals surface area contributed by atoms with Gasteiger partial charge in [-0.1, -0.05) is 24.3 Å². The lowest BCUT2D eigenvalue weighted by Gasteiger charge is -2.28. The Bertz CT molecular complexity index is 1020. The zero-order valence-corrected chi connectivity index (χ0v) is 14.7. The summed E-state index contributed by atoms with van der Waals surface area (Å²) in [4.78, 5) is 27.4. The van der Waals surface area contributed by atoms with Gasteiger partial charge in [-0.2, -0.15) is 5.10 Å². The van der Waals surface area contributed by atoms with Crippen LogP contribution in [0.5, 0.6) is 5.75 Å². The maximum atomic E-state index is 13.0. The summed E-state index contributed by atoms with van der Waals surface area (Å²) < 4.78 is 5.25. The van der Waals surface area contributed by atoms with Crippen molar-refractivity contribution in [1.29, 1.82) is 0 Å². The number of aromatic nitrogens is 2. The molecule has 0 radical (unpaired) electrons. The highest BCUT2D eigenvalue weighted by Gasteiger charge is 2.47. The highest BCUT2D eigenvalue weighted by molar-refractivity contribution is 6.21. The average Bonchev–Trinajstić information content (AvgIpc) is 3.35. The summed E-state index contributed by atoms with van der Waals surface area (Å²) in [5.41, 5.74) is 3.98. The summed E-state index contributed by atoms with van der Waals surface area (Å²) in [6, 6.07) is 14.5. The molecule has 2 aromatic carbocycles. The number of imide groups is 1. The van der Waals surface area contributed by atoms with Gasteiger partial charge < -0.3 is 4.74 Å². The van der Waals surface area contributed by atoms with Gasteiger partial charge in [0.15, 0.2) is 0 Å². The molecule has 1 aliphatic carbocycles. The first-order chi connectivity index (χ1) is 13.2. The third-order valence-electron chi connectivity index (χ3n) is 5.52. The van der Waals surface area contributed by atoms with E-state index in [1.54, 1.807) is 37.6 Å². The molecular formula is C21H17N3O3. The van der Waals surface area contributed by atoms with Crippen LogP contribution in [0.2, 0.25) is 0 Å². The fourth-order valence-electron chi connectivity index (χ4n) is 4.25. The van der Waals surface area contributed by atoms with E-state index >= 15 is 0 Å². The van der Waals surface area contributed by atoms with E-state index < -0.39 is 0 Å². The van der Waals surface area contributed by atoms with Crippen LogP contribution in [0.3, 0.4) is 0 Å². The SMILES string of the molecule is COc1ccc([C@H]2c3cn[nH]c3C[C@@H]2N2C(=O)c3ccccc3C2=O)cc1.